The molecule has 2 heteroatoms. The SMILES string of the molecule is Cc1ccc(NCCc2ccccc2C)cc1Cl. The number of anilines is 1. The lowest BCUT2D eigenvalue weighted by Gasteiger charge is -2.09. The summed E-state index contributed by atoms with van der Waals surface area (Å²) in [6.45, 7) is 5.09. The summed E-state index contributed by atoms with van der Waals surface area (Å²) in [5.41, 5.74) is 4.93. The molecule has 0 bridgehead atoms. The lowest BCUT2D eigenvalue weighted by molar-refractivity contribution is 1.01. The van der Waals surface area contributed by atoms with Gasteiger partial charge in [-0.25, -0.2) is 0 Å². The fourth-order valence-corrected chi connectivity index (χ4v) is 2.12. The Kier molecular flexibility index (Phi) is 4.27. The van der Waals surface area contributed by atoms with E-state index in [4.69, 9.17) is 11.6 Å². The number of hydrogen-bond donors (Lipinski definition) is 1. The smallest absolute Gasteiger partial charge is 0.0455 e. The summed E-state index contributed by atoms with van der Waals surface area (Å²) >= 11 is 6.09. The Bertz CT molecular complexity index is 534. The third kappa shape index (κ3) is 3.27. The van der Waals surface area contributed by atoms with Gasteiger partial charge >= 0.3 is 0 Å². The molecule has 1 N–H and O–H groups in total. The van der Waals surface area contributed by atoms with Crippen LogP contribution in [0.4, 0.5) is 5.69 Å². The lowest BCUT2D eigenvalue weighted by Crippen LogP contribution is -2.05. The van der Waals surface area contributed by atoms with Crippen LogP contribution in [-0.4, -0.2) is 6.54 Å². The van der Waals surface area contributed by atoms with Crippen LogP contribution < -0.4 is 5.32 Å². The highest BCUT2D eigenvalue weighted by Crippen LogP contribution is 2.20. The van der Waals surface area contributed by atoms with Crippen LogP contribution in [0.15, 0.2) is 42.5 Å². The lowest BCUT2D eigenvalue weighted by atomic mass is 10.1. The molecule has 0 aromatic heterocycles. The van der Waals surface area contributed by atoms with Crippen molar-refractivity contribution in [3.8, 4) is 0 Å². The molecule has 1 nitrogen and oxygen atoms in total. The van der Waals surface area contributed by atoms with Crippen LogP contribution in [-0.2, 0) is 6.42 Å². The van der Waals surface area contributed by atoms with Crippen LogP contribution in [0.25, 0.3) is 0 Å². The molecular weight excluding hydrogens is 242 g/mol. The van der Waals surface area contributed by atoms with Gasteiger partial charge in [0.2, 0.25) is 0 Å². The Morgan fingerprint density at radius 2 is 1.78 bits per heavy atom. The van der Waals surface area contributed by atoms with Gasteiger partial charge in [0, 0.05) is 17.3 Å². The largest absolute Gasteiger partial charge is 0.385 e. The van der Waals surface area contributed by atoms with Crippen LogP contribution in [0.5, 0.6) is 0 Å². The zero-order valence-corrected chi connectivity index (χ0v) is 11.6. The van der Waals surface area contributed by atoms with Gasteiger partial charge in [0.25, 0.3) is 0 Å². The van der Waals surface area contributed by atoms with E-state index in [9.17, 15) is 0 Å². The van der Waals surface area contributed by atoms with Crippen LogP contribution in [0.1, 0.15) is 16.7 Å². The highest BCUT2D eigenvalue weighted by molar-refractivity contribution is 6.31. The summed E-state index contributed by atoms with van der Waals surface area (Å²) in [6, 6.07) is 14.6. The second-order valence-electron chi connectivity index (χ2n) is 4.57. The summed E-state index contributed by atoms with van der Waals surface area (Å²) in [4.78, 5) is 0. The number of benzene rings is 2. The first-order chi connectivity index (χ1) is 8.66. The highest BCUT2D eigenvalue weighted by Gasteiger charge is 1.99. The molecule has 2 aromatic carbocycles. The Balaban J connectivity index is 1.92. The molecule has 0 fully saturated rings. The maximum Gasteiger partial charge on any atom is 0.0455 e. The number of halogens is 1. The molecule has 94 valence electrons. The van der Waals surface area contributed by atoms with E-state index in [1.165, 1.54) is 11.1 Å². The third-order valence-corrected chi connectivity index (χ3v) is 3.56. The van der Waals surface area contributed by atoms with E-state index in [-0.39, 0.29) is 0 Å². The standard InChI is InChI=1S/C16H18ClN/c1-12-5-3-4-6-14(12)9-10-18-15-8-7-13(2)16(17)11-15/h3-8,11,18H,9-10H2,1-2H3. The van der Waals surface area contributed by atoms with Gasteiger partial charge in [0.05, 0.1) is 0 Å². The molecule has 18 heavy (non-hydrogen) atoms. The van der Waals surface area contributed by atoms with Gasteiger partial charge in [-0.05, 0) is 49.1 Å². The molecule has 0 amide bonds. The molecule has 0 saturated carbocycles. The number of hydrogen-bond acceptors (Lipinski definition) is 1. The van der Waals surface area contributed by atoms with Gasteiger partial charge in [-0.1, -0.05) is 41.9 Å². The van der Waals surface area contributed by atoms with Gasteiger partial charge in [-0.3, -0.25) is 0 Å². The van der Waals surface area contributed by atoms with Crippen molar-refractivity contribution < 1.29 is 0 Å². The molecule has 0 heterocycles. The molecule has 0 unspecified atom stereocenters. The van der Waals surface area contributed by atoms with Gasteiger partial charge in [0.15, 0.2) is 0 Å². The fraction of sp³-hybridized carbons (Fsp3) is 0.250. The second-order valence-corrected chi connectivity index (χ2v) is 4.97. The van der Waals surface area contributed by atoms with Gasteiger partial charge in [0.1, 0.15) is 0 Å². The normalized spacial score (nSPS) is 10.4. The minimum Gasteiger partial charge on any atom is -0.385 e. The average molecular weight is 260 g/mol. The monoisotopic (exact) mass is 259 g/mol. The van der Waals surface area contributed by atoms with Crippen LogP contribution >= 0.6 is 11.6 Å². The second kappa shape index (κ2) is 5.92. The summed E-state index contributed by atoms with van der Waals surface area (Å²) in [5.74, 6) is 0. The first-order valence-corrected chi connectivity index (χ1v) is 6.59. The maximum absolute atomic E-state index is 6.09. The van der Waals surface area contributed by atoms with E-state index >= 15 is 0 Å². The molecule has 2 rings (SSSR count). The van der Waals surface area contributed by atoms with Crippen molar-refractivity contribution in [2.75, 3.05) is 11.9 Å². The van der Waals surface area contributed by atoms with E-state index in [2.05, 4.69) is 42.6 Å². The van der Waals surface area contributed by atoms with E-state index in [0.29, 0.717) is 0 Å². The number of nitrogens with one attached hydrogen (secondary N) is 1. The van der Waals surface area contributed by atoms with Gasteiger partial charge in [-0.2, -0.15) is 0 Å². The molecule has 0 spiro atoms. The van der Waals surface area contributed by atoms with E-state index in [1.807, 2.05) is 19.1 Å². The Morgan fingerprint density at radius 3 is 2.50 bits per heavy atom. The molecule has 0 saturated heterocycles. The Hall–Kier alpha value is -1.47. The maximum atomic E-state index is 6.09. The zero-order valence-electron chi connectivity index (χ0n) is 10.8. The van der Waals surface area contributed by atoms with Crippen molar-refractivity contribution in [3.05, 3.63) is 64.2 Å². The molecular formula is C16H18ClN. The average Bonchev–Trinajstić information content (AvgIpc) is 2.36. The summed E-state index contributed by atoms with van der Waals surface area (Å²) < 4.78 is 0. The van der Waals surface area contributed by atoms with Crippen molar-refractivity contribution in [1.82, 2.24) is 0 Å². The molecule has 0 radical (unpaired) electrons. The van der Waals surface area contributed by atoms with E-state index < -0.39 is 0 Å². The van der Waals surface area contributed by atoms with Crippen molar-refractivity contribution in [2.24, 2.45) is 0 Å². The number of aryl methyl sites for hydroxylation is 2. The first kappa shape index (κ1) is 13.0. The van der Waals surface area contributed by atoms with Crippen molar-refractivity contribution in [2.45, 2.75) is 20.3 Å². The van der Waals surface area contributed by atoms with E-state index in [0.717, 1.165) is 29.2 Å². The topological polar surface area (TPSA) is 12.0 Å². The minimum atomic E-state index is 0.816. The van der Waals surface area contributed by atoms with Crippen LogP contribution in [0.2, 0.25) is 5.02 Å². The quantitative estimate of drug-likeness (QED) is 0.845. The predicted molar refractivity (Wildman–Crippen MR) is 79.6 cm³/mol. The Morgan fingerprint density at radius 1 is 1.00 bits per heavy atom. The Labute approximate surface area is 114 Å². The third-order valence-electron chi connectivity index (χ3n) is 3.16. The molecule has 0 aliphatic carbocycles. The zero-order chi connectivity index (χ0) is 13.0. The predicted octanol–water partition coefficient (Wildman–Crippen LogP) is 4.61. The first-order valence-electron chi connectivity index (χ1n) is 6.21. The van der Waals surface area contributed by atoms with Gasteiger partial charge < -0.3 is 5.32 Å². The van der Waals surface area contributed by atoms with Gasteiger partial charge in [-0.15, -0.1) is 0 Å². The van der Waals surface area contributed by atoms with Crippen molar-refractivity contribution in [1.29, 1.82) is 0 Å². The van der Waals surface area contributed by atoms with Crippen molar-refractivity contribution >= 4 is 17.3 Å². The highest BCUT2D eigenvalue weighted by atomic mass is 35.5. The fourth-order valence-electron chi connectivity index (χ4n) is 1.93. The summed E-state index contributed by atoms with van der Waals surface area (Å²) in [5, 5.41) is 4.22. The van der Waals surface area contributed by atoms with Crippen LogP contribution in [0, 0.1) is 13.8 Å². The minimum absolute atomic E-state index is 0.816. The molecule has 0 aliphatic rings. The molecule has 0 aliphatic heterocycles. The summed E-state index contributed by atoms with van der Waals surface area (Å²) in [7, 11) is 0. The van der Waals surface area contributed by atoms with Crippen molar-refractivity contribution in [3.63, 3.8) is 0 Å². The summed E-state index contributed by atoms with van der Waals surface area (Å²) in [6.07, 6.45) is 1.03. The van der Waals surface area contributed by atoms with Crippen LogP contribution in [0.3, 0.4) is 0 Å². The van der Waals surface area contributed by atoms with E-state index in [1.54, 1.807) is 0 Å². The molecule has 0 atom stereocenters. The molecule has 2 aromatic rings. The number of rotatable bonds is 4.